The predicted octanol–water partition coefficient (Wildman–Crippen LogP) is 3.39. The van der Waals surface area contributed by atoms with Gasteiger partial charge in [0.05, 0.1) is 30.3 Å². The number of aromatic nitrogens is 4. The van der Waals surface area contributed by atoms with E-state index < -0.39 is 0 Å². The highest BCUT2D eigenvalue weighted by Crippen LogP contribution is 2.26. The standard InChI is InChI=1S/C24H23N5O2/c1-31-19-9-7-16(8-10-19)22-18(13-25-28-22)14-29-12-11-21-20(15-29)24(30)27-23(26-21)17-5-3-2-4-6-17/h2-10,13H,11-12,14-15H2,1H3,(H,25,28)(H,26,27,30). The first-order valence-corrected chi connectivity index (χ1v) is 10.3. The Hall–Kier alpha value is -3.71. The van der Waals surface area contributed by atoms with Crippen LogP contribution in [0, 0.1) is 0 Å². The number of fused-ring (bicyclic) bond motifs is 1. The Morgan fingerprint density at radius 3 is 2.65 bits per heavy atom. The van der Waals surface area contributed by atoms with Crippen molar-refractivity contribution < 1.29 is 4.74 Å². The minimum atomic E-state index is -0.0591. The van der Waals surface area contributed by atoms with Gasteiger partial charge in [0.25, 0.3) is 5.56 Å². The van der Waals surface area contributed by atoms with Crippen molar-refractivity contribution in [2.75, 3.05) is 13.7 Å². The number of hydrogen-bond acceptors (Lipinski definition) is 5. The van der Waals surface area contributed by atoms with E-state index in [0.29, 0.717) is 18.9 Å². The maximum atomic E-state index is 12.8. The zero-order chi connectivity index (χ0) is 21.2. The van der Waals surface area contributed by atoms with Crippen LogP contribution in [0.2, 0.25) is 0 Å². The third-order valence-corrected chi connectivity index (χ3v) is 5.69. The molecule has 0 saturated heterocycles. The number of nitrogens with zero attached hydrogens (tertiary/aromatic N) is 3. The molecule has 0 spiro atoms. The molecule has 7 heteroatoms. The second-order valence-electron chi connectivity index (χ2n) is 7.67. The lowest BCUT2D eigenvalue weighted by Gasteiger charge is -2.27. The Bertz CT molecular complexity index is 1250. The Balaban J connectivity index is 1.36. The number of benzene rings is 2. The summed E-state index contributed by atoms with van der Waals surface area (Å²) in [5.41, 5.74) is 5.64. The molecule has 5 rings (SSSR count). The molecule has 1 aliphatic heterocycles. The van der Waals surface area contributed by atoms with Gasteiger partial charge in [0.1, 0.15) is 11.6 Å². The van der Waals surface area contributed by atoms with Crippen LogP contribution in [0.3, 0.4) is 0 Å². The van der Waals surface area contributed by atoms with Gasteiger partial charge in [-0.15, -0.1) is 0 Å². The number of hydrogen-bond donors (Lipinski definition) is 2. The molecule has 4 aromatic rings. The van der Waals surface area contributed by atoms with Crippen LogP contribution in [0.4, 0.5) is 0 Å². The summed E-state index contributed by atoms with van der Waals surface area (Å²) in [6.07, 6.45) is 2.60. The first-order valence-electron chi connectivity index (χ1n) is 10.3. The van der Waals surface area contributed by atoms with Crippen molar-refractivity contribution in [2.24, 2.45) is 0 Å². The highest BCUT2D eigenvalue weighted by atomic mass is 16.5. The SMILES string of the molecule is COc1ccc(-c2[nH]ncc2CN2CCc3nc(-c4ccccc4)[nH]c(=O)c3C2)cc1. The number of aromatic amines is 2. The van der Waals surface area contributed by atoms with Crippen LogP contribution >= 0.6 is 0 Å². The highest BCUT2D eigenvalue weighted by molar-refractivity contribution is 5.63. The average Bonchev–Trinajstić information content (AvgIpc) is 3.28. The second-order valence-corrected chi connectivity index (χ2v) is 7.67. The molecule has 0 unspecified atom stereocenters. The van der Waals surface area contributed by atoms with Gasteiger partial charge in [0.15, 0.2) is 0 Å². The monoisotopic (exact) mass is 413 g/mol. The van der Waals surface area contributed by atoms with Crippen LogP contribution in [0.1, 0.15) is 16.8 Å². The van der Waals surface area contributed by atoms with Crippen LogP contribution in [-0.2, 0) is 19.5 Å². The molecule has 0 aliphatic carbocycles. The van der Waals surface area contributed by atoms with E-state index in [1.165, 1.54) is 0 Å². The normalized spacial score (nSPS) is 13.7. The average molecular weight is 413 g/mol. The molecule has 7 nitrogen and oxygen atoms in total. The minimum absolute atomic E-state index is 0.0591. The smallest absolute Gasteiger partial charge is 0.255 e. The van der Waals surface area contributed by atoms with Gasteiger partial charge in [-0.1, -0.05) is 30.3 Å². The van der Waals surface area contributed by atoms with E-state index in [-0.39, 0.29) is 5.56 Å². The summed E-state index contributed by atoms with van der Waals surface area (Å²) in [5, 5.41) is 7.36. The lowest BCUT2D eigenvalue weighted by Crippen LogP contribution is -2.35. The summed E-state index contributed by atoms with van der Waals surface area (Å²) >= 11 is 0. The van der Waals surface area contributed by atoms with Crippen molar-refractivity contribution >= 4 is 0 Å². The minimum Gasteiger partial charge on any atom is -0.497 e. The molecule has 156 valence electrons. The first kappa shape index (κ1) is 19.3. The molecule has 1 aliphatic rings. The van der Waals surface area contributed by atoms with Crippen molar-refractivity contribution in [3.8, 4) is 28.4 Å². The fourth-order valence-corrected chi connectivity index (χ4v) is 4.03. The molecule has 2 aromatic heterocycles. The molecular formula is C24H23N5O2. The Morgan fingerprint density at radius 1 is 1.06 bits per heavy atom. The number of nitrogens with one attached hydrogen (secondary N) is 2. The molecule has 2 N–H and O–H groups in total. The van der Waals surface area contributed by atoms with E-state index >= 15 is 0 Å². The van der Waals surface area contributed by atoms with Crippen molar-refractivity contribution in [2.45, 2.75) is 19.5 Å². The van der Waals surface area contributed by atoms with Gasteiger partial charge in [-0.3, -0.25) is 14.8 Å². The molecule has 2 aromatic carbocycles. The third kappa shape index (κ3) is 3.87. The van der Waals surface area contributed by atoms with E-state index in [1.807, 2.05) is 60.8 Å². The number of ether oxygens (including phenoxy) is 1. The van der Waals surface area contributed by atoms with Crippen LogP contribution in [0.5, 0.6) is 5.75 Å². The van der Waals surface area contributed by atoms with E-state index in [1.54, 1.807) is 7.11 Å². The summed E-state index contributed by atoms with van der Waals surface area (Å²) in [4.78, 5) is 22.8. The van der Waals surface area contributed by atoms with Gasteiger partial charge in [0.2, 0.25) is 0 Å². The van der Waals surface area contributed by atoms with Crippen LogP contribution in [-0.4, -0.2) is 38.7 Å². The summed E-state index contributed by atoms with van der Waals surface area (Å²) < 4.78 is 5.25. The first-order chi connectivity index (χ1) is 15.2. The van der Waals surface area contributed by atoms with Gasteiger partial charge >= 0.3 is 0 Å². The largest absolute Gasteiger partial charge is 0.497 e. The quantitative estimate of drug-likeness (QED) is 0.524. The molecule has 31 heavy (non-hydrogen) atoms. The Kier molecular flexibility index (Phi) is 5.09. The molecule has 0 radical (unpaired) electrons. The maximum Gasteiger partial charge on any atom is 0.255 e. The molecule has 3 heterocycles. The lowest BCUT2D eigenvalue weighted by atomic mass is 10.0. The topological polar surface area (TPSA) is 86.9 Å². The third-order valence-electron chi connectivity index (χ3n) is 5.69. The molecule has 0 amide bonds. The van der Waals surface area contributed by atoms with Gasteiger partial charge in [-0.05, 0) is 24.3 Å². The van der Waals surface area contributed by atoms with Gasteiger partial charge in [-0.2, -0.15) is 5.10 Å². The number of H-pyrrole nitrogens is 2. The zero-order valence-electron chi connectivity index (χ0n) is 17.3. The van der Waals surface area contributed by atoms with Crippen LogP contribution in [0.15, 0.2) is 65.6 Å². The Morgan fingerprint density at radius 2 is 1.87 bits per heavy atom. The summed E-state index contributed by atoms with van der Waals surface area (Å²) in [7, 11) is 1.66. The summed E-state index contributed by atoms with van der Waals surface area (Å²) in [5.74, 6) is 1.45. The van der Waals surface area contributed by atoms with Gasteiger partial charge in [0, 0.05) is 42.7 Å². The Labute approximate surface area is 179 Å². The summed E-state index contributed by atoms with van der Waals surface area (Å²) in [6.45, 7) is 2.11. The van der Waals surface area contributed by atoms with Gasteiger partial charge < -0.3 is 9.72 Å². The number of rotatable bonds is 5. The van der Waals surface area contributed by atoms with Crippen LogP contribution < -0.4 is 10.3 Å². The number of methoxy groups -OCH3 is 1. The van der Waals surface area contributed by atoms with Crippen molar-refractivity contribution in [1.29, 1.82) is 0 Å². The van der Waals surface area contributed by atoms with Crippen molar-refractivity contribution in [1.82, 2.24) is 25.1 Å². The molecule has 0 atom stereocenters. The fraction of sp³-hybridized carbons (Fsp3) is 0.208. The molecule has 0 bridgehead atoms. The molecular weight excluding hydrogens is 390 g/mol. The highest BCUT2D eigenvalue weighted by Gasteiger charge is 2.23. The maximum absolute atomic E-state index is 12.8. The summed E-state index contributed by atoms with van der Waals surface area (Å²) in [6, 6.07) is 17.7. The van der Waals surface area contributed by atoms with Gasteiger partial charge in [-0.25, -0.2) is 4.98 Å². The zero-order valence-corrected chi connectivity index (χ0v) is 17.3. The van der Waals surface area contributed by atoms with Crippen molar-refractivity contribution in [3.05, 3.63) is 88.0 Å². The van der Waals surface area contributed by atoms with E-state index in [4.69, 9.17) is 9.72 Å². The van der Waals surface area contributed by atoms with E-state index in [2.05, 4.69) is 20.1 Å². The predicted molar refractivity (Wildman–Crippen MR) is 119 cm³/mol. The fourth-order valence-electron chi connectivity index (χ4n) is 4.03. The molecule has 0 saturated carbocycles. The van der Waals surface area contributed by atoms with Crippen LogP contribution in [0.25, 0.3) is 22.6 Å². The second kappa shape index (κ2) is 8.20. The van der Waals surface area contributed by atoms with E-state index in [0.717, 1.165) is 52.4 Å². The van der Waals surface area contributed by atoms with E-state index in [9.17, 15) is 4.79 Å². The van der Waals surface area contributed by atoms with Crippen molar-refractivity contribution in [3.63, 3.8) is 0 Å². The molecule has 0 fully saturated rings. The lowest BCUT2D eigenvalue weighted by molar-refractivity contribution is 0.242.